The van der Waals surface area contributed by atoms with Crippen molar-refractivity contribution in [3.63, 3.8) is 0 Å². The number of ether oxygens (including phenoxy) is 1. The third-order valence-electron chi connectivity index (χ3n) is 6.64. The molecule has 0 spiro atoms. The van der Waals surface area contributed by atoms with E-state index in [1.54, 1.807) is 48.2 Å². The van der Waals surface area contributed by atoms with Crippen LogP contribution < -0.4 is 9.80 Å². The van der Waals surface area contributed by atoms with E-state index in [-0.39, 0.29) is 35.1 Å². The Morgan fingerprint density at radius 3 is 2.29 bits per heavy atom. The summed E-state index contributed by atoms with van der Waals surface area (Å²) < 4.78 is 29.6. The maximum absolute atomic E-state index is 13.3. The molecule has 4 rings (SSSR count). The summed E-state index contributed by atoms with van der Waals surface area (Å²) in [5.74, 6) is 0.286. The summed E-state index contributed by atoms with van der Waals surface area (Å²) in [5.41, 5.74) is 2.54. The van der Waals surface area contributed by atoms with Gasteiger partial charge in [0.1, 0.15) is 0 Å². The van der Waals surface area contributed by atoms with Gasteiger partial charge in [-0.25, -0.2) is 13.2 Å². The number of carbonyl (C=O) groups is 2. The van der Waals surface area contributed by atoms with Gasteiger partial charge in [-0.3, -0.25) is 9.69 Å². The number of fused-ring (bicyclic) bond motifs is 1. The molecule has 0 aliphatic carbocycles. The fourth-order valence-corrected chi connectivity index (χ4v) is 5.57. The number of benzene rings is 2. The minimum atomic E-state index is -3.30. The minimum Gasteiger partial charge on any atom is -0.465 e. The van der Waals surface area contributed by atoms with Crippen LogP contribution in [0.2, 0.25) is 0 Å². The van der Waals surface area contributed by atoms with Gasteiger partial charge >= 0.3 is 6.09 Å². The van der Waals surface area contributed by atoms with Crippen molar-refractivity contribution in [2.24, 2.45) is 5.92 Å². The molecule has 0 unspecified atom stereocenters. The van der Waals surface area contributed by atoms with Crippen LogP contribution in [0.5, 0.6) is 0 Å². The molecule has 2 aliphatic heterocycles. The third kappa shape index (κ3) is 4.81. The molecule has 1 atom stereocenters. The van der Waals surface area contributed by atoms with Crippen molar-refractivity contribution in [1.29, 1.82) is 0 Å². The quantitative estimate of drug-likeness (QED) is 0.680. The van der Waals surface area contributed by atoms with Gasteiger partial charge in [0.05, 0.1) is 28.1 Å². The second-order valence-corrected chi connectivity index (χ2v) is 11.2. The Kier molecular flexibility index (Phi) is 6.95. The summed E-state index contributed by atoms with van der Waals surface area (Å²) in [6, 6.07) is 11.7. The van der Waals surface area contributed by atoms with Crippen LogP contribution in [0.15, 0.2) is 47.4 Å². The van der Waals surface area contributed by atoms with Gasteiger partial charge in [0.2, 0.25) is 5.91 Å². The van der Waals surface area contributed by atoms with Crippen molar-refractivity contribution in [1.82, 2.24) is 0 Å². The van der Waals surface area contributed by atoms with Gasteiger partial charge < -0.3 is 14.7 Å². The zero-order chi connectivity index (χ0) is 24.5. The molecule has 2 aliphatic rings. The Bertz CT molecular complexity index is 1170. The van der Waals surface area contributed by atoms with Crippen LogP contribution in [-0.4, -0.2) is 57.1 Å². The highest BCUT2D eigenvalue weighted by Gasteiger charge is 2.36. The van der Waals surface area contributed by atoms with Crippen LogP contribution in [0.4, 0.5) is 16.2 Å². The molecular weight excluding hydrogens is 456 g/mol. The fourth-order valence-electron chi connectivity index (χ4n) is 4.68. The van der Waals surface area contributed by atoms with E-state index in [4.69, 9.17) is 4.74 Å². The van der Waals surface area contributed by atoms with Crippen LogP contribution in [0.25, 0.3) is 11.1 Å². The molecule has 2 aromatic rings. The Hall–Kier alpha value is -2.91. The Labute approximate surface area is 200 Å². The average molecular weight is 487 g/mol. The smallest absolute Gasteiger partial charge is 0.411 e. The lowest BCUT2D eigenvalue weighted by Crippen LogP contribution is -2.52. The van der Waals surface area contributed by atoms with E-state index < -0.39 is 15.9 Å². The number of hydrogen-bond donors (Lipinski definition) is 1. The maximum Gasteiger partial charge on any atom is 0.411 e. The van der Waals surface area contributed by atoms with E-state index in [9.17, 15) is 23.1 Å². The van der Waals surface area contributed by atoms with Crippen molar-refractivity contribution in [2.45, 2.75) is 44.0 Å². The van der Waals surface area contributed by atoms with Gasteiger partial charge in [0.25, 0.3) is 0 Å². The molecule has 8 nitrogen and oxygen atoms in total. The van der Waals surface area contributed by atoms with E-state index in [2.05, 4.69) is 0 Å². The van der Waals surface area contributed by atoms with Crippen LogP contribution in [0.3, 0.4) is 0 Å². The lowest BCUT2D eigenvalue weighted by atomic mass is 9.94. The van der Waals surface area contributed by atoms with E-state index >= 15 is 0 Å². The number of carbonyl (C=O) groups excluding carboxylic acids is 1. The first-order valence-electron chi connectivity index (χ1n) is 11.6. The molecule has 2 heterocycles. The van der Waals surface area contributed by atoms with Gasteiger partial charge in [-0.05, 0) is 61.1 Å². The molecular formula is C25H30N2O6S. The third-order valence-corrected chi connectivity index (χ3v) is 8.39. The summed E-state index contributed by atoms with van der Waals surface area (Å²) in [5, 5.41) is 9.85. The van der Waals surface area contributed by atoms with Crippen molar-refractivity contribution in [2.75, 3.05) is 35.3 Å². The summed E-state index contributed by atoms with van der Waals surface area (Å²) >= 11 is 0. The molecule has 34 heavy (non-hydrogen) atoms. The SMILES string of the molecule is CCS(=O)(=O)c1ccc(-c2ccc3c(c2)N(C(=O)O)C[C@H](C)N3C(=O)CC2CCOCC2)cc1. The van der Waals surface area contributed by atoms with Gasteiger partial charge in [-0.2, -0.15) is 0 Å². The summed E-state index contributed by atoms with van der Waals surface area (Å²) in [4.78, 5) is 28.6. The van der Waals surface area contributed by atoms with E-state index in [1.165, 1.54) is 4.90 Å². The first-order chi connectivity index (χ1) is 16.2. The normalized spacial score (nSPS) is 19.1. The first kappa shape index (κ1) is 24.2. The lowest BCUT2D eigenvalue weighted by molar-refractivity contribution is -0.120. The zero-order valence-corrected chi connectivity index (χ0v) is 20.3. The monoisotopic (exact) mass is 486 g/mol. The number of carboxylic acid groups (broad SMARTS) is 1. The van der Waals surface area contributed by atoms with Gasteiger partial charge in [-0.1, -0.05) is 25.1 Å². The summed E-state index contributed by atoms with van der Waals surface area (Å²) in [6.07, 6.45) is 1.04. The summed E-state index contributed by atoms with van der Waals surface area (Å²) in [7, 11) is -3.30. The topological polar surface area (TPSA) is 104 Å². The van der Waals surface area contributed by atoms with Crippen molar-refractivity contribution >= 4 is 33.2 Å². The van der Waals surface area contributed by atoms with Crippen LogP contribution >= 0.6 is 0 Å². The number of hydrogen-bond acceptors (Lipinski definition) is 5. The Morgan fingerprint density at radius 1 is 1.03 bits per heavy atom. The molecule has 0 radical (unpaired) electrons. The van der Waals surface area contributed by atoms with Gasteiger partial charge in [0, 0.05) is 26.2 Å². The highest BCUT2D eigenvalue weighted by atomic mass is 32.2. The van der Waals surface area contributed by atoms with Crippen LogP contribution in [0, 0.1) is 5.92 Å². The number of anilines is 2. The van der Waals surface area contributed by atoms with Gasteiger partial charge in [0.15, 0.2) is 9.84 Å². The van der Waals surface area contributed by atoms with Gasteiger partial charge in [-0.15, -0.1) is 0 Å². The summed E-state index contributed by atoms with van der Waals surface area (Å²) in [6.45, 7) is 4.97. The zero-order valence-electron chi connectivity index (χ0n) is 19.4. The molecule has 0 saturated carbocycles. The molecule has 182 valence electrons. The molecule has 0 aromatic heterocycles. The number of sulfone groups is 1. The van der Waals surface area contributed by atoms with Crippen LogP contribution in [-0.2, 0) is 19.4 Å². The Morgan fingerprint density at radius 2 is 1.68 bits per heavy atom. The molecule has 0 bridgehead atoms. The largest absolute Gasteiger partial charge is 0.465 e. The standard InChI is InChI=1S/C25H30N2O6S/c1-3-34(31,32)21-7-4-19(5-8-21)20-6-9-22-23(15-20)26(25(29)30)16-17(2)27(22)24(28)14-18-10-12-33-13-11-18/h4-9,15,17-18H,3,10-14,16H2,1-2H3,(H,29,30)/t17-/m0/s1. The molecule has 2 amide bonds. The van der Waals surface area contributed by atoms with E-state index in [0.717, 1.165) is 24.0 Å². The number of nitrogens with zero attached hydrogens (tertiary/aromatic N) is 2. The predicted octanol–water partition coefficient (Wildman–Crippen LogP) is 4.18. The van der Waals surface area contributed by atoms with E-state index in [0.29, 0.717) is 31.0 Å². The number of amides is 2. The second-order valence-electron chi connectivity index (χ2n) is 8.90. The fraction of sp³-hybridized carbons (Fsp3) is 0.440. The van der Waals surface area contributed by atoms with Crippen LogP contribution in [0.1, 0.15) is 33.1 Å². The number of rotatable bonds is 5. The molecule has 1 N–H and O–H groups in total. The molecule has 9 heteroatoms. The molecule has 1 fully saturated rings. The molecule has 1 saturated heterocycles. The molecule has 2 aromatic carbocycles. The maximum atomic E-state index is 13.3. The Balaban J connectivity index is 1.68. The highest BCUT2D eigenvalue weighted by Crippen LogP contribution is 2.40. The van der Waals surface area contributed by atoms with Crippen molar-refractivity contribution < 1.29 is 27.9 Å². The van der Waals surface area contributed by atoms with Crippen molar-refractivity contribution in [3.8, 4) is 11.1 Å². The van der Waals surface area contributed by atoms with E-state index in [1.807, 2.05) is 13.0 Å². The second kappa shape index (κ2) is 9.76. The minimum absolute atomic E-state index is 0.00689. The first-order valence-corrected chi connectivity index (χ1v) is 13.2. The predicted molar refractivity (Wildman–Crippen MR) is 130 cm³/mol. The average Bonchev–Trinajstić information content (AvgIpc) is 2.83. The lowest BCUT2D eigenvalue weighted by Gasteiger charge is -2.41. The van der Waals surface area contributed by atoms with Crippen molar-refractivity contribution in [3.05, 3.63) is 42.5 Å². The highest BCUT2D eigenvalue weighted by molar-refractivity contribution is 7.91.